The maximum Gasteiger partial charge on any atom is 0.269 e. The zero-order valence-corrected chi connectivity index (χ0v) is 15.2. The van der Waals surface area contributed by atoms with Crippen LogP contribution in [0.2, 0.25) is 0 Å². The lowest BCUT2D eigenvalue weighted by atomic mass is 10.0. The Morgan fingerprint density at radius 1 is 1.15 bits per heavy atom. The first-order valence-electron chi connectivity index (χ1n) is 8.81. The predicted molar refractivity (Wildman–Crippen MR) is 101 cm³/mol. The molecule has 0 N–H and O–H groups in total. The second kappa shape index (κ2) is 6.41. The zero-order chi connectivity index (χ0) is 18.3. The molecule has 1 aliphatic carbocycles. The Kier molecular flexibility index (Phi) is 4.07. The Labute approximate surface area is 152 Å². The van der Waals surface area contributed by atoms with Crippen molar-refractivity contribution in [3.8, 4) is 22.9 Å². The van der Waals surface area contributed by atoms with Crippen LogP contribution in [0.5, 0.6) is 11.6 Å². The van der Waals surface area contributed by atoms with Crippen molar-refractivity contribution in [3.63, 3.8) is 0 Å². The van der Waals surface area contributed by atoms with Crippen molar-refractivity contribution in [2.24, 2.45) is 7.05 Å². The Morgan fingerprint density at radius 2 is 1.96 bits per heavy atom. The minimum Gasteiger partial charge on any atom is -0.439 e. The first-order valence-corrected chi connectivity index (χ1v) is 8.81. The molecule has 1 aromatic carbocycles. The standard InChI is InChI=1S/C21H21N3O2/c1-13-11-16(26-21-18(15-6-7-15)5-4-10-22-21)8-9-17(13)20-14(2)23-12-19(25)24(20)3/h4-5,8-12,15H,6-7H2,1-3H3. The number of aromatic nitrogens is 3. The SMILES string of the molecule is Cc1cc(Oc2ncccc2C2CC2)ccc1-c1c(C)ncc(=O)n1C. The Morgan fingerprint density at radius 3 is 2.69 bits per heavy atom. The number of pyridine rings is 1. The molecule has 2 aromatic heterocycles. The molecule has 1 fully saturated rings. The topological polar surface area (TPSA) is 57.0 Å². The van der Waals surface area contributed by atoms with Crippen molar-refractivity contribution in [1.29, 1.82) is 0 Å². The van der Waals surface area contributed by atoms with Crippen LogP contribution in [0.1, 0.15) is 35.6 Å². The summed E-state index contributed by atoms with van der Waals surface area (Å²) in [6, 6.07) is 9.94. The molecule has 132 valence electrons. The molecular weight excluding hydrogens is 326 g/mol. The molecule has 0 unspecified atom stereocenters. The summed E-state index contributed by atoms with van der Waals surface area (Å²) in [6.45, 7) is 3.92. The highest BCUT2D eigenvalue weighted by Crippen LogP contribution is 2.44. The van der Waals surface area contributed by atoms with E-state index in [0.717, 1.165) is 28.3 Å². The summed E-state index contributed by atoms with van der Waals surface area (Å²) in [6.07, 6.45) is 5.52. The number of aryl methyl sites for hydroxylation is 2. The Hall–Kier alpha value is -2.95. The fourth-order valence-electron chi connectivity index (χ4n) is 3.30. The average Bonchev–Trinajstić information content (AvgIpc) is 3.46. The summed E-state index contributed by atoms with van der Waals surface area (Å²) in [4.78, 5) is 20.6. The number of hydrogen-bond acceptors (Lipinski definition) is 4. The molecular formula is C21H21N3O2. The van der Waals surface area contributed by atoms with Gasteiger partial charge < -0.3 is 9.30 Å². The van der Waals surface area contributed by atoms with E-state index >= 15 is 0 Å². The van der Waals surface area contributed by atoms with Crippen LogP contribution in [0.4, 0.5) is 0 Å². The zero-order valence-electron chi connectivity index (χ0n) is 15.2. The van der Waals surface area contributed by atoms with Gasteiger partial charge in [0.05, 0.1) is 17.6 Å². The molecule has 1 saturated carbocycles. The number of rotatable bonds is 4. The molecule has 3 aromatic rings. The van der Waals surface area contributed by atoms with Gasteiger partial charge in [-0.2, -0.15) is 0 Å². The fraction of sp³-hybridized carbons (Fsp3) is 0.286. The van der Waals surface area contributed by atoms with E-state index in [0.29, 0.717) is 11.8 Å². The van der Waals surface area contributed by atoms with Crippen LogP contribution in [0.15, 0.2) is 47.5 Å². The van der Waals surface area contributed by atoms with Gasteiger partial charge >= 0.3 is 0 Å². The van der Waals surface area contributed by atoms with Gasteiger partial charge in [0.2, 0.25) is 5.88 Å². The van der Waals surface area contributed by atoms with Crippen molar-refractivity contribution in [3.05, 3.63) is 69.9 Å². The van der Waals surface area contributed by atoms with Gasteiger partial charge in [-0.1, -0.05) is 6.07 Å². The number of benzene rings is 1. The molecule has 5 nitrogen and oxygen atoms in total. The minimum atomic E-state index is -0.118. The number of hydrogen-bond donors (Lipinski definition) is 0. The van der Waals surface area contributed by atoms with Gasteiger partial charge in [0.15, 0.2) is 0 Å². The van der Waals surface area contributed by atoms with Crippen LogP contribution in [0, 0.1) is 13.8 Å². The molecule has 4 rings (SSSR count). The molecule has 0 radical (unpaired) electrons. The van der Waals surface area contributed by atoms with Crippen molar-refractivity contribution >= 4 is 0 Å². The van der Waals surface area contributed by atoms with Crippen molar-refractivity contribution in [2.75, 3.05) is 0 Å². The molecule has 5 heteroatoms. The maximum atomic E-state index is 12.0. The lowest BCUT2D eigenvalue weighted by Crippen LogP contribution is -2.19. The van der Waals surface area contributed by atoms with E-state index in [2.05, 4.69) is 16.0 Å². The monoisotopic (exact) mass is 347 g/mol. The predicted octanol–water partition coefficient (Wildman–Crippen LogP) is 4.13. The largest absolute Gasteiger partial charge is 0.439 e. The highest BCUT2D eigenvalue weighted by atomic mass is 16.5. The second-order valence-electron chi connectivity index (χ2n) is 6.84. The summed E-state index contributed by atoms with van der Waals surface area (Å²) in [5, 5.41) is 0. The van der Waals surface area contributed by atoms with Gasteiger partial charge in [0.25, 0.3) is 5.56 Å². The molecule has 0 saturated heterocycles. The summed E-state index contributed by atoms with van der Waals surface area (Å²) in [5.41, 5.74) is 4.72. The first-order chi connectivity index (χ1) is 12.5. The van der Waals surface area contributed by atoms with Crippen LogP contribution in [-0.2, 0) is 7.05 Å². The molecule has 26 heavy (non-hydrogen) atoms. The van der Waals surface area contributed by atoms with Crippen molar-refractivity contribution in [1.82, 2.24) is 14.5 Å². The quantitative estimate of drug-likeness (QED) is 0.712. The van der Waals surface area contributed by atoms with E-state index in [1.165, 1.54) is 24.6 Å². The number of nitrogens with zero attached hydrogens (tertiary/aromatic N) is 3. The maximum absolute atomic E-state index is 12.0. The highest BCUT2D eigenvalue weighted by molar-refractivity contribution is 5.67. The molecule has 0 bridgehead atoms. The lowest BCUT2D eigenvalue weighted by molar-refractivity contribution is 0.456. The number of ether oxygens (including phenoxy) is 1. The van der Waals surface area contributed by atoms with Crippen LogP contribution < -0.4 is 10.3 Å². The van der Waals surface area contributed by atoms with Gasteiger partial charge in [-0.15, -0.1) is 0 Å². The minimum absolute atomic E-state index is 0.118. The Bertz CT molecular complexity index is 1040. The summed E-state index contributed by atoms with van der Waals surface area (Å²) in [7, 11) is 1.77. The van der Waals surface area contributed by atoms with E-state index in [1.54, 1.807) is 17.8 Å². The summed E-state index contributed by atoms with van der Waals surface area (Å²) < 4.78 is 7.71. The summed E-state index contributed by atoms with van der Waals surface area (Å²) >= 11 is 0. The smallest absolute Gasteiger partial charge is 0.269 e. The van der Waals surface area contributed by atoms with E-state index in [4.69, 9.17) is 4.74 Å². The molecule has 0 atom stereocenters. The molecule has 0 amide bonds. The molecule has 2 heterocycles. The van der Waals surface area contributed by atoms with E-state index in [9.17, 15) is 4.79 Å². The highest BCUT2D eigenvalue weighted by Gasteiger charge is 2.27. The second-order valence-corrected chi connectivity index (χ2v) is 6.84. The van der Waals surface area contributed by atoms with E-state index < -0.39 is 0 Å². The normalized spacial score (nSPS) is 13.7. The third-order valence-corrected chi connectivity index (χ3v) is 4.86. The third-order valence-electron chi connectivity index (χ3n) is 4.86. The van der Waals surface area contributed by atoms with Crippen LogP contribution in [0.3, 0.4) is 0 Å². The van der Waals surface area contributed by atoms with E-state index in [1.807, 2.05) is 38.1 Å². The van der Waals surface area contributed by atoms with Crippen LogP contribution in [-0.4, -0.2) is 14.5 Å². The van der Waals surface area contributed by atoms with Gasteiger partial charge in [-0.05, 0) is 62.4 Å². The third kappa shape index (κ3) is 3.01. The average molecular weight is 347 g/mol. The lowest BCUT2D eigenvalue weighted by Gasteiger charge is -2.15. The molecule has 0 aliphatic heterocycles. The molecule has 0 spiro atoms. The first kappa shape index (κ1) is 16.5. The molecule has 1 aliphatic rings. The van der Waals surface area contributed by atoms with Gasteiger partial charge in [-0.25, -0.2) is 4.98 Å². The van der Waals surface area contributed by atoms with Crippen LogP contribution >= 0.6 is 0 Å². The summed E-state index contributed by atoms with van der Waals surface area (Å²) in [5.74, 6) is 2.01. The van der Waals surface area contributed by atoms with E-state index in [-0.39, 0.29) is 5.56 Å². The van der Waals surface area contributed by atoms with Gasteiger partial charge in [0, 0.05) is 24.4 Å². The van der Waals surface area contributed by atoms with Crippen LogP contribution in [0.25, 0.3) is 11.3 Å². The van der Waals surface area contributed by atoms with Gasteiger partial charge in [-0.3, -0.25) is 9.78 Å². The fourth-order valence-corrected chi connectivity index (χ4v) is 3.30. The van der Waals surface area contributed by atoms with Crippen molar-refractivity contribution in [2.45, 2.75) is 32.6 Å². The van der Waals surface area contributed by atoms with Crippen molar-refractivity contribution < 1.29 is 4.74 Å². The Balaban J connectivity index is 1.70. The van der Waals surface area contributed by atoms with Gasteiger partial charge in [0.1, 0.15) is 5.75 Å².